The van der Waals surface area contributed by atoms with Gasteiger partial charge in [-0.15, -0.1) is 0 Å². The second-order valence-corrected chi connectivity index (χ2v) is 5.44. The van der Waals surface area contributed by atoms with Crippen LogP contribution in [0.4, 0.5) is 4.39 Å². The minimum absolute atomic E-state index is 0.478. The van der Waals surface area contributed by atoms with Crippen LogP contribution in [-0.2, 0) is 0 Å². The Labute approximate surface area is 112 Å². The molecule has 2 atom stereocenters. The number of unbranched alkanes of at least 4 members (excludes halogenated alkanes) is 1. The van der Waals surface area contributed by atoms with Crippen LogP contribution in [0.15, 0.2) is 24.3 Å². The van der Waals surface area contributed by atoms with Crippen LogP contribution in [0.5, 0.6) is 0 Å². The lowest BCUT2D eigenvalue weighted by atomic mass is 9.95. The van der Waals surface area contributed by atoms with Gasteiger partial charge in [-0.2, -0.15) is 0 Å². The third-order valence-electron chi connectivity index (χ3n) is 4.05. The summed E-state index contributed by atoms with van der Waals surface area (Å²) in [6, 6.07) is 0. The second kappa shape index (κ2) is 7.73. The van der Waals surface area contributed by atoms with E-state index in [4.69, 9.17) is 0 Å². The van der Waals surface area contributed by atoms with Crippen LogP contribution >= 0.6 is 0 Å². The van der Waals surface area contributed by atoms with E-state index >= 15 is 0 Å². The van der Waals surface area contributed by atoms with Crippen LogP contribution in [-0.4, -0.2) is 24.3 Å². The Morgan fingerprint density at radius 1 is 1.28 bits per heavy atom. The molecule has 0 fully saturated rings. The predicted molar refractivity (Wildman–Crippen MR) is 77.3 cm³/mol. The standard InChI is InChI=1S/C16H28FN/c1-4-6-10-15(5-2)11-14-18(3)16(17)12-8-7-9-13-16/h7-9,12,15H,4-6,10-11,13-14H2,1-3H3. The van der Waals surface area contributed by atoms with E-state index in [0.717, 1.165) is 18.9 Å². The zero-order valence-electron chi connectivity index (χ0n) is 12.2. The van der Waals surface area contributed by atoms with E-state index in [2.05, 4.69) is 13.8 Å². The van der Waals surface area contributed by atoms with Gasteiger partial charge in [0, 0.05) is 13.0 Å². The first-order chi connectivity index (χ1) is 8.62. The van der Waals surface area contributed by atoms with Crippen LogP contribution in [0.25, 0.3) is 0 Å². The Bertz CT molecular complexity index is 285. The average Bonchev–Trinajstić information content (AvgIpc) is 2.39. The minimum Gasteiger partial charge on any atom is -0.271 e. The van der Waals surface area contributed by atoms with E-state index in [-0.39, 0.29) is 0 Å². The van der Waals surface area contributed by atoms with E-state index < -0.39 is 5.79 Å². The van der Waals surface area contributed by atoms with Crippen molar-refractivity contribution in [3.8, 4) is 0 Å². The molecule has 104 valence electrons. The summed E-state index contributed by atoms with van der Waals surface area (Å²) in [5.41, 5.74) is 0. The van der Waals surface area contributed by atoms with Crippen molar-refractivity contribution in [3.63, 3.8) is 0 Å². The largest absolute Gasteiger partial charge is 0.271 e. The zero-order chi connectivity index (χ0) is 13.4. The normalized spacial score (nSPS) is 24.7. The van der Waals surface area contributed by atoms with Gasteiger partial charge in [0.25, 0.3) is 0 Å². The fourth-order valence-electron chi connectivity index (χ4n) is 2.47. The van der Waals surface area contributed by atoms with Crippen molar-refractivity contribution >= 4 is 0 Å². The number of allylic oxidation sites excluding steroid dienone is 2. The molecule has 0 saturated heterocycles. The first kappa shape index (κ1) is 15.4. The Hall–Kier alpha value is -0.630. The summed E-state index contributed by atoms with van der Waals surface area (Å²) in [5, 5.41) is 0. The smallest absolute Gasteiger partial charge is 0.186 e. The minimum atomic E-state index is -1.27. The van der Waals surface area contributed by atoms with Gasteiger partial charge in [-0.05, 0) is 25.5 Å². The highest BCUT2D eigenvalue weighted by Gasteiger charge is 2.31. The van der Waals surface area contributed by atoms with E-state index in [9.17, 15) is 4.39 Å². The Morgan fingerprint density at radius 3 is 2.61 bits per heavy atom. The van der Waals surface area contributed by atoms with Gasteiger partial charge < -0.3 is 0 Å². The number of alkyl halides is 1. The van der Waals surface area contributed by atoms with E-state index in [1.807, 2.05) is 30.2 Å². The molecule has 2 heteroatoms. The molecule has 0 radical (unpaired) electrons. The Morgan fingerprint density at radius 2 is 2.06 bits per heavy atom. The summed E-state index contributed by atoms with van der Waals surface area (Å²) in [7, 11) is 1.90. The summed E-state index contributed by atoms with van der Waals surface area (Å²) < 4.78 is 14.6. The van der Waals surface area contributed by atoms with Crippen LogP contribution < -0.4 is 0 Å². The molecule has 0 aromatic carbocycles. The van der Waals surface area contributed by atoms with Gasteiger partial charge in [-0.1, -0.05) is 57.8 Å². The highest BCUT2D eigenvalue weighted by molar-refractivity contribution is 5.17. The van der Waals surface area contributed by atoms with Crippen molar-refractivity contribution in [2.75, 3.05) is 13.6 Å². The molecule has 0 aliphatic heterocycles. The van der Waals surface area contributed by atoms with Gasteiger partial charge in [0.05, 0.1) is 0 Å². The lowest BCUT2D eigenvalue weighted by Gasteiger charge is -2.33. The number of rotatable bonds is 8. The SMILES string of the molecule is CCCCC(CC)CCN(C)C1(F)C=CC=CC1. The summed E-state index contributed by atoms with van der Waals surface area (Å²) in [6.07, 6.45) is 14.0. The van der Waals surface area contributed by atoms with Gasteiger partial charge in [0.15, 0.2) is 5.79 Å². The molecular weight excluding hydrogens is 225 g/mol. The van der Waals surface area contributed by atoms with Crippen LogP contribution in [0.1, 0.15) is 52.4 Å². The fraction of sp³-hybridized carbons (Fsp3) is 0.750. The number of hydrogen-bond donors (Lipinski definition) is 0. The van der Waals surface area contributed by atoms with Gasteiger partial charge in [-0.3, -0.25) is 4.90 Å². The van der Waals surface area contributed by atoms with E-state index in [1.54, 1.807) is 6.08 Å². The monoisotopic (exact) mass is 253 g/mol. The van der Waals surface area contributed by atoms with E-state index in [0.29, 0.717) is 6.42 Å². The molecule has 0 N–H and O–H groups in total. The summed E-state index contributed by atoms with van der Waals surface area (Å²) in [4.78, 5) is 1.86. The molecule has 18 heavy (non-hydrogen) atoms. The highest BCUT2D eigenvalue weighted by Crippen LogP contribution is 2.27. The Kier molecular flexibility index (Phi) is 6.62. The van der Waals surface area contributed by atoms with Crippen molar-refractivity contribution in [2.45, 2.75) is 58.2 Å². The molecule has 1 nitrogen and oxygen atoms in total. The third kappa shape index (κ3) is 4.56. The molecule has 0 aromatic rings. The van der Waals surface area contributed by atoms with Crippen molar-refractivity contribution in [1.29, 1.82) is 0 Å². The quantitative estimate of drug-likeness (QED) is 0.566. The summed E-state index contributed by atoms with van der Waals surface area (Å²) in [5.74, 6) is -0.517. The number of halogens is 1. The van der Waals surface area contributed by atoms with E-state index in [1.165, 1.54) is 25.7 Å². The first-order valence-corrected chi connectivity index (χ1v) is 7.37. The molecule has 1 aliphatic rings. The molecule has 1 aliphatic carbocycles. The van der Waals surface area contributed by atoms with Crippen LogP contribution in [0.2, 0.25) is 0 Å². The average molecular weight is 253 g/mol. The highest BCUT2D eigenvalue weighted by atomic mass is 19.1. The summed E-state index contributed by atoms with van der Waals surface area (Å²) >= 11 is 0. The maximum Gasteiger partial charge on any atom is 0.186 e. The zero-order valence-corrected chi connectivity index (χ0v) is 12.2. The number of nitrogens with zero attached hydrogens (tertiary/aromatic N) is 1. The molecule has 0 bridgehead atoms. The number of hydrogen-bond acceptors (Lipinski definition) is 1. The molecule has 0 aromatic heterocycles. The molecule has 2 unspecified atom stereocenters. The third-order valence-corrected chi connectivity index (χ3v) is 4.05. The Balaban J connectivity index is 2.37. The topological polar surface area (TPSA) is 3.24 Å². The molecule has 0 spiro atoms. The second-order valence-electron chi connectivity index (χ2n) is 5.44. The maximum atomic E-state index is 14.6. The maximum absolute atomic E-state index is 14.6. The lowest BCUT2D eigenvalue weighted by molar-refractivity contribution is 0.0276. The molecule has 0 saturated carbocycles. The van der Waals surface area contributed by atoms with Gasteiger partial charge >= 0.3 is 0 Å². The molecule has 1 rings (SSSR count). The van der Waals surface area contributed by atoms with Gasteiger partial charge in [0.2, 0.25) is 0 Å². The number of likely N-dealkylation sites (N-methyl/N-ethyl adjacent to an activating group) is 1. The molecule has 0 heterocycles. The van der Waals surface area contributed by atoms with Crippen LogP contribution in [0.3, 0.4) is 0 Å². The fourth-order valence-corrected chi connectivity index (χ4v) is 2.47. The van der Waals surface area contributed by atoms with Crippen LogP contribution in [0, 0.1) is 5.92 Å². The van der Waals surface area contributed by atoms with Crippen molar-refractivity contribution < 1.29 is 4.39 Å². The van der Waals surface area contributed by atoms with Crippen molar-refractivity contribution in [3.05, 3.63) is 24.3 Å². The molecular formula is C16H28FN. The molecule has 0 amide bonds. The predicted octanol–water partition coefficient (Wildman–Crippen LogP) is 4.71. The van der Waals surface area contributed by atoms with Gasteiger partial charge in [0.1, 0.15) is 0 Å². The first-order valence-electron chi connectivity index (χ1n) is 7.37. The van der Waals surface area contributed by atoms with Crippen molar-refractivity contribution in [1.82, 2.24) is 4.90 Å². The lowest BCUT2D eigenvalue weighted by Crippen LogP contribution is -2.42. The summed E-state index contributed by atoms with van der Waals surface area (Å²) in [6.45, 7) is 5.32. The van der Waals surface area contributed by atoms with Crippen molar-refractivity contribution in [2.24, 2.45) is 5.92 Å². The van der Waals surface area contributed by atoms with Gasteiger partial charge in [-0.25, -0.2) is 4.39 Å².